The number of amides is 1. The van der Waals surface area contributed by atoms with E-state index in [1.54, 1.807) is 4.57 Å². The summed E-state index contributed by atoms with van der Waals surface area (Å²) in [6.45, 7) is 0. The highest BCUT2D eigenvalue weighted by molar-refractivity contribution is 7.99. The first-order valence-corrected chi connectivity index (χ1v) is 10.1. The number of thioether (sulfide) groups is 1. The highest BCUT2D eigenvalue weighted by Gasteiger charge is 2.15. The third kappa shape index (κ3) is 3.79. The molecule has 2 aromatic heterocycles. The van der Waals surface area contributed by atoms with Gasteiger partial charge in [-0.25, -0.2) is 4.98 Å². The lowest BCUT2D eigenvalue weighted by atomic mass is 10.3. The van der Waals surface area contributed by atoms with Crippen molar-refractivity contribution in [3.63, 3.8) is 0 Å². The Morgan fingerprint density at radius 2 is 1.74 bits per heavy atom. The zero-order valence-electron chi connectivity index (χ0n) is 14.2. The number of carbonyl (C=O) groups excluding carboxylic acids is 1. The Bertz CT molecular complexity index is 1140. The van der Waals surface area contributed by atoms with E-state index >= 15 is 0 Å². The first kappa shape index (κ1) is 17.5. The zero-order chi connectivity index (χ0) is 18.6. The molecule has 0 unspecified atom stereocenters. The van der Waals surface area contributed by atoms with Gasteiger partial charge in [0.25, 0.3) is 5.56 Å². The lowest BCUT2D eigenvalue weighted by Gasteiger charge is -2.12. The van der Waals surface area contributed by atoms with Crippen molar-refractivity contribution < 1.29 is 4.79 Å². The Kier molecular flexibility index (Phi) is 5.04. The SMILES string of the molecule is O=C(CSc1nc2ccsc2c(=O)n1-c1ccccc1)Nc1ccccc1. The number of fused-ring (bicyclic) bond motifs is 1. The fourth-order valence-electron chi connectivity index (χ4n) is 2.64. The first-order chi connectivity index (χ1) is 13.2. The average Bonchev–Trinajstić information content (AvgIpc) is 3.17. The van der Waals surface area contributed by atoms with Gasteiger partial charge < -0.3 is 5.32 Å². The van der Waals surface area contributed by atoms with Crippen LogP contribution in [-0.2, 0) is 4.79 Å². The summed E-state index contributed by atoms with van der Waals surface area (Å²) in [4.78, 5) is 29.9. The van der Waals surface area contributed by atoms with Crippen LogP contribution >= 0.6 is 23.1 Å². The predicted molar refractivity (Wildman–Crippen MR) is 111 cm³/mol. The van der Waals surface area contributed by atoms with E-state index in [4.69, 9.17) is 0 Å². The first-order valence-electron chi connectivity index (χ1n) is 8.26. The van der Waals surface area contributed by atoms with Crippen LogP contribution in [0, 0.1) is 0 Å². The van der Waals surface area contributed by atoms with Crippen LogP contribution in [0.4, 0.5) is 5.69 Å². The molecule has 2 aromatic carbocycles. The number of nitrogens with one attached hydrogen (secondary N) is 1. The maximum Gasteiger partial charge on any atom is 0.276 e. The molecule has 0 aliphatic rings. The van der Waals surface area contributed by atoms with Gasteiger partial charge in [0.1, 0.15) is 4.70 Å². The summed E-state index contributed by atoms with van der Waals surface area (Å²) in [7, 11) is 0. The highest BCUT2D eigenvalue weighted by Crippen LogP contribution is 2.23. The molecule has 0 bridgehead atoms. The van der Waals surface area contributed by atoms with Crippen LogP contribution < -0.4 is 10.9 Å². The van der Waals surface area contributed by atoms with Crippen molar-refractivity contribution in [1.29, 1.82) is 0 Å². The van der Waals surface area contributed by atoms with Crippen molar-refractivity contribution in [2.45, 2.75) is 5.16 Å². The molecule has 0 saturated heterocycles. The quantitative estimate of drug-likeness (QED) is 0.408. The zero-order valence-corrected chi connectivity index (χ0v) is 15.8. The number of hydrogen-bond donors (Lipinski definition) is 1. The van der Waals surface area contributed by atoms with Gasteiger partial charge in [0.2, 0.25) is 5.91 Å². The van der Waals surface area contributed by atoms with Crippen molar-refractivity contribution >= 4 is 44.9 Å². The van der Waals surface area contributed by atoms with Crippen LogP contribution in [-0.4, -0.2) is 21.2 Å². The van der Waals surface area contributed by atoms with Gasteiger partial charge in [-0.05, 0) is 35.7 Å². The molecule has 1 N–H and O–H groups in total. The molecule has 0 saturated carbocycles. The third-order valence-electron chi connectivity index (χ3n) is 3.85. The Balaban J connectivity index is 1.64. The standard InChI is InChI=1S/C20H15N3O2S2/c24-17(21-14-7-3-1-4-8-14)13-27-20-22-16-11-12-26-18(16)19(25)23(20)15-9-5-2-6-10-15/h1-12H,13H2,(H,21,24). The van der Waals surface area contributed by atoms with Gasteiger partial charge in [0.15, 0.2) is 5.16 Å². The number of para-hydroxylation sites is 2. The van der Waals surface area contributed by atoms with Crippen molar-refractivity contribution in [3.05, 3.63) is 82.5 Å². The number of aromatic nitrogens is 2. The largest absolute Gasteiger partial charge is 0.325 e. The number of thiophene rings is 1. The van der Waals surface area contributed by atoms with Crippen LogP contribution in [0.2, 0.25) is 0 Å². The fraction of sp³-hybridized carbons (Fsp3) is 0.0500. The number of anilines is 1. The Labute approximate surface area is 163 Å². The van der Waals surface area contributed by atoms with Crippen LogP contribution in [0.15, 0.2) is 82.1 Å². The molecular formula is C20H15N3O2S2. The molecule has 134 valence electrons. The predicted octanol–water partition coefficient (Wildman–Crippen LogP) is 4.18. The molecule has 0 fully saturated rings. The van der Waals surface area contributed by atoms with Crippen LogP contribution in [0.3, 0.4) is 0 Å². The van der Waals surface area contributed by atoms with Gasteiger partial charge in [-0.2, -0.15) is 0 Å². The summed E-state index contributed by atoms with van der Waals surface area (Å²) in [5, 5.41) is 5.20. The van der Waals surface area contributed by atoms with Crippen LogP contribution in [0.1, 0.15) is 0 Å². The number of benzene rings is 2. The molecule has 1 amide bonds. The minimum atomic E-state index is -0.148. The molecule has 4 aromatic rings. The smallest absolute Gasteiger partial charge is 0.276 e. The van der Waals surface area contributed by atoms with Gasteiger partial charge >= 0.3 is 0 Å². The van der Waals surface area contributed by atoms with Gasteiger partial charge in [-0.1, -0.05) is 48.2 Å². The Morgan fingerprint density at radius 1 is 1.04 bits per heavy atom. The van der Waals surface area contributed by atoms with Crippen molar-refractivity contribution in [3.8, 4) is 5.69 Å². The number of hydrogen-bond acceptors (Lipinski definition) is 5. The van der Waals surface area contributed by atoms with Gasteiger partial charge in [-0.15, -0.1) is 11.3 Å². The number of nitrogens with zero attached hydrogens (tertiary/aromatic N) is 2. The summed E-state index contributed by atoms with van der Waals surface area (Å²) in [5.74, 6) is 0.00885. The topological polar surface area (TPSA) is 64.0 Å². The van der Waals surface area contributed by atoms with E-state index in [0.717, 1.165) is 11.4 Å². The molecule has 4 rings (SSSR count). The molecule has 0 aliphatic carbocycles. The molecular weight excluding hydrogens is 378 g/mol. The minimum Gasteiger partial charge on any atom is -0.325 e. The lowest BCUT2D eigenvalue weighted by Crippen LogP contribution is -2.22. The van der Waals surface area contributed by atoms with E-state index in [1.165, 1.54) is 23.1 Å². The van der Waals surface area contributed by atoms with Crippen molar-refractivity contribution in [1.82, 2.24) is 9.55 Å². The molecule has 27 heavy (non-hydrogen) atoms. The van der Waals surface area contributed by atoms with Crippen LogP contribution in [0.5, 0.6) is 0 Å². The number of rotatable bonds is 5. The fourth-order valence-corrected chi connectivity index (χ4v) is 4.21. The minimum absolute atomic E-state index is 0.118. The lowest BCUT2D eigenvalue weighted by molar-refractivity contribution is -0.113. The summed E-state index contributed by atoms with van der Waals surface area (Å²) in [6.07, 6.45) is 0. The molecule has 0 spiro atoms. The maximum absolute atomic E-state index is 13.0. The van der Waals surface area contributed by atoms with Crippen molar-refractivity contribution in [2.75, 3.05) is 11.1 Å². The van der Waals surface area contributed by atoms with E-state index in [9.17, 15) is 9.59 Å². The van der Waals surface area contributed by atoms with Gasteiger partial charge in [-0.3, -0.25) is 14.2 Å². The second-order valence-electron chi connectivity index (χ2n) is 5.71. The third-order valence-corrected chi connectivity index (χ3v) is 5.68. The van der Waals surface area contributed by atoms with E-state index in [-0.39, 0.29) is 17.2 Å². The summed E-state index contributed by atoms with van der Waals surface area (Å²) in [5.41, 5.74) is 2.01. The summed E-state index contributed by atoms with van der Waals surface area (Å²) < 4.78 is 2.18. The molecule has 0 atom stereocenters. The molecule has 0 aliphatic heterocycles. The highest BCUT2D eigenvalue weighted by atomic mass is 32.2. The molecule has 2 heterocycles. The maximum atomic E-state index is 13.0. The molecule has 7 heteroatoms. The van der Waals surface area contributed by atoms with E-state index in [2.05, 4.69) is 10.3 Å². The van der Waals surface area contributed by atoms with Crippen LogP contribution in [0.25, 0.3) is 15.9 Å². The summed E-state index contributed by atoms with van der Waals surface area (Å²) >= 11 is 2.62. The van der Waals surface area contributed by atoms with Gasteiger partial charge in [0, 0.05) is 5.69 Å². The molecule has 5 nitrogen and oxygen atoms in total. The Morgan fingerprint density at radius 3 is 2.48 bits per heavy atom. The van der Waals surface area contributed by atoms with Gasteiger partial charge in [0.05, 0.1) is 17.0 Å². The molecule has 0 radical (unpaired) electrons. The number of carbonyl (C=O) groups is 1. The monoisotopic (exact) mass is 393 g/mol. The van der Waals surface area contributed by atoms with E-state index < -0.39 is 0 Å². The Hall–Kier alpha value is -2.90. The summed E-state index contributed by atoms with van der Waals surface area (Å²) in [6, 6.07) is 20.5. The second kappa shape index (κ2) is 7.77. The normalized spacial score (nSPS) is 10.8. The average molecular weight is 393 g/mol. The van der Waals surface area contributed by atoms with Crippen molar-refractivity contribution in [2.24, 2.45) is 0 Å². The van der Waals surface area contributed by atoms with E-state index in [0.29, 0.717) is 15.4 Å². The second-order valence-corrected chi connectivity index (χ2v) is 7.57. The van der Waals surface area contributed by atoms with E-state index in [1.807, 2.05) is 72.1 Å².